The summed E-state index contributed by atoms with van der Waals surface area (Å²) >= 11 is 6.09. The molecule has 0 radical (unpaired) electrons. The third kappa shape index (κ3) is 5.73. The fourth-order valence-electron chi connectivity index (χ4n) is 4.28. The van der Waals surface area contributed by atoms with Gasteiger partial charge < -0.3 is 9.64 Å². The summed E-state index contributed by atoms with van der Waals surface area (Å²) in [6, 6.07) is 6.80. The molecular formula is C21H27ClN4O6S2. The van der Waals surface area contributed by atoms with Crippen molar-refractivity contribution in [3.63, 3.8) is 0 Å². The molecule has 2 heterocycles. The molecule has 4 rings (SSSR count). The van der Waals surface area contributed by atoms with E-state index in [4.69, 9.17) is 16.3 Å². The number of ether oxygens (including phenoxy) is 1. The fraction of sp³-hybridized carbons (Fsp3) is 0.524. The van der Waals surface area contributed by atoms with Crippen LogP contribution in [0.15, 0.2) is 35.3 Å². The molecule has 2 aliphatic rings. The van der Waals surface area contributed by atoms with Gasteiger partial charge in [-0.3, -0.25) is 4.79 Å². The van der Waals surface area contributed by atoms with Crippen molar-refractivity contribution in [1.29, 1.82) is 0 Å². The van der Waals surface area contributed by atoms with Crippen LogP contribution in [0, 0.1) is 0 Å². The largest absolute Gasteiger partial charge is 0.483 e. The third-order valence-electron chi connectivity index (χ3n) is 5.89. The molecule has 2 aromatic rings. The van der Waals surface area contributed by atoms with Gasteiger partial charge in [0.15, 0.2) is 14.9 Å². The summed E-state index contributed by atoms with van der Waals surface area (Å²) in [5.41, 5.74) is 0.589. The number of hydrogen-bond donors (Lipinski definition) is 0. The smallest absolute Gasteiger partial charge is 0.316 e. The molecule has 2 fully saturated rings. The molecule has 10 nitrogen and oxygen atoms in total. The van der Waals surface area contributed by atoms with Crippen molar-refractivity contribution < 1.29 is 21.6 Å². The molecule has 0 atom stereocenters. The molecule has 1 aliphatic carbocycles. The number of nitrogens with zero attached hydrogens (tertiary/aromatic N) is 4. The lowest BCUT2D eigenvalue weighted by atomic mass is 10.2. The minimum absolute atomic E-state index is 0.0712. The molecule has 1 aromatic heterocycles. The van der Waals surface area contributed by atoms with Gasteiger partial charge in [-0.25, -0.2) is 16.8 Å². The van der Waals surface area contributed by atoms with Gasteiger partial charge in [-0.1, -0.05) is 17.7 Å². The first-order valence-electron chi connectivity index (χ1n) is 11.0. The van der Waals surface area contributed by atoms with Crippen LogP contribution in [-0.4, -0.2) is 74.5 Å². The lowest BCUT2D eigenvalue weighted by molar-refractivity contribution is 0.205. The Hall–Kier alpha value is -2.15. The van der Waals surface area contributed by atoms with Crippen LogP contribution >= 0.6 is 11.6 Å². The van der Waals surface area contributed by atoms with E-state index >= 15 is 0 Å². The van der Waals surface area contributed by atoms with Crippen LogP contribution in [0.1, 0.15) is 25.7 Å². The Morgan fingerprint density at radius 3 is 2.38 bits per heavy atom. The van der Waals surface area contributed by atoms with Crippen LogP contribution in [0.25, 0.3) is 5.69 Å². The van der Waals surface area contributed by atoms with E-state index in [2.05, 4.69) is 5.10 Å². The van der Waals surface area contributed by atoms with Crippen LogP contribution in [0.3, 0.4) is 0 Å². The molecule has 1 saturated heterocycles. The minimum atomic E-state index is -3.94. The quantitative estimate of drug-likeness (QED) is 0.530. The summed E-state index contributed by atoms with van der Waals surface area (Å²) in [6.45, 7) is 0.731. The average Bonchev–Trinajstić information content (AvgIpc) is 3.27. The lowest BCUT2D eigenvalue weighted by Crippen LogP contribution is -2.50. The van der Waals surface area contributed by atoms with Gasteiger partial charge in [-0.2, -0.15) is 14.1 Å². The SMILES string of the molecule is CS(=O)(=O)CS(=O)(=O)N1CCN(c2cnn(-c3cccc(Cl)c3)c(=O)c2OC2CCCC2)CC1. The Morgan fingerprint density at radius 1 is 1.09 bits per heavy atom. The van der Waals surface area contributed by atoms with Crippen molar-refractivity contribution in [2.24, 2.45) is 0 Å². The second kappa shape index (κ2) is 9.84. The van der Waals surface area contributed by atoms with Gasteiger partial charge in [0, 0.05) is 37.5 Å². The molecule has 34 heavy (non-hydrogen) atoms. The van der Waals surface area contributed by atoms with Crippen LogP contribution < -0.4 is 15.2 Å². The van der Waals surface area contributed by atoms with Crippen molar-refractivity contribution in [3.05, 3.63) is 45.8 Å². The predicted molar refractivity (Wildman–Crippen MR) is 130 cm³/mol. The Kier molecular flexibility index (Phi) is 7.22. The predicted octanol–water partition coefficient (Wildman–Crippen LogP) is 1.66. The van der Waals surface area contributed by atoms with Crippen LogP contribution in [0.5, 0.6) is 5.75 Å². The molecule has 0 spiro atoms. The standard InChI is InChI=1S/C21H27ClN4O6S2/c1-33(28,29)15-34(30,31)25-11-9-24(10-12-25)19-14-23-26(17-6-4-5-16(22)13-17)21(27)20(19)32-18-7-2-3-8-18/h4-6,13-14,18H,2-3,7-12,15H2,1H3. The van der Waals surface area contributed by atoms with Crippen LogP contribution in [-0.2, 0) is 19.9 Å². The topological polar surface area (TPSA) is 119 Å². The molecular weight excluding hydrogens is 504 g/mol. The second-order valence-electron chi connectivity index (χ2n) is 8.62. The van der Waals surface area contributed by atoms with Gasteiger partial charge in [0.25, 0.3) is 0 Å². The highest BCUT2D eigenvalue weighted by Gasteiger charge is 2.32. The highest BCUT2D eigenvalue weighted by molar-refractivity contribution is 8.06. The first kappa shape index (κ1) is 25.0. The summed E-state index contributed by atoms with van der Waals surface area (Å²) < 4.78 is 56.5. The maximum absolute atomic E-state index is 13.4. The number of halogens is 1. The molecule has 1 aliphatic heterocycles. The van der Waals surface area contributed by atoms with Crippen molar-refractivity contribution in [2.75, 3.05) is 42.4 Å². The first-order chi connectivity index (χ1) is 16.0. The number of benzene rings is 1. The highest BCUT2D eigenvalue weighted by Crippen LogP contribution is 2.30. The summed E-state index contributed by atoms with van der Waals surface area (Å²) in [7, 11) is -7.62. The third-order valence-corrected chi connectivity index (χ3v) is 10.2. The average molecular weight is 531 g/mol. The molecule has 0 amide bonds. The number of rotatable bonds is 7. The van der Waals surface area contributed by atoms with Crippen molar-refractivity contribution in [3.8, 4) is 11.4 Å². The van der Waals surface area contributed by atoms with E-state index in [-0.39, 0.29) is 38.0 Å². The zero-order valence-corrected chi connectivity index (χ0v) is 21.1. The fourth-order valence-corrected chi connectivity index (χ4v) is 7.95. The molecule has 0 N–H and O–H groups in total. The number of hydrogen-bond acceptors (Lipinski definition) is 8. The summed E-state index contributed by atoms with van der Waals surface area (Å²) in [4.78, 5) is 15.3. The minimum Gasteiger partial charge on any atom is -0.483 e. The van der Waals surface area contributed by atoms with E-state index in [9.17, 15) is 21.6 Å². The van der Waals surface area contributed by atoms with Crippen molar-refractivity contribution >= 4 is 37.1 Å². The summed E-state index contributed by atoms with van der Waals surface area (Å²) in [6.07, 6.45) is 6.15. The van der Waals surface area contributed by atoms with Gasteiger partial charge in [-0.15, -0.1) is 0 Å². The van der Waals surface area contributed by atoms with Gasteiger partial charge in [0.05, 0.1) is 18.0 Å². The van der Waals surface area contributed by atoms with Gasteiger partial charge in [-0.05, 0) is 43.9 Å². The van der Waals surface area contributed by atoms with E-state index in [1.54, 1.807) is 30.5 Å². The Balaban J connectivity index is 1.62. The number of sulfonamides is 1. The Morgan fingerprint density at radius 2 is 1.76 bits per heavy atom. The summed E-state index contributed by atoms with van der Waals surface area (Å²) in [5.74, 6) is 0.175. The Labute approximate surface area is 204 Å². The molecule has 1 aromatic carbocycles. The zero-order valence-electron chi connectivity index (χ0n) is 18.8. The van der Waals surface area contributed by atoms with Gasteiger partial charge >= 0.3 is 5.56 Å². The molecule has 186 valence electrons. The number of anilines is 1. The maximum atomic E-state index is 13.4. The van der Waals surface area contributed by atoms with Gasteiger partial charge in [0.2, 0.25) is 15.8 Å². The monoisotopic (exact) mass is 530 g/mol. The lowest BCUT2D eigenvalue weighted by Gasteiger charge is -2.35. The van der Waals surface area contributed by atoms with E-state index in [0.717, 1.165) is 31.9 Å². The van der Waals surface area contributed by atoms with Gasteiger partial charge in [0.1, 0.15) is 5.69 Å². The van der Waals surface area contributed by atoms with Crippen LogP contribution in [0.4, 0.5) is 5.69 Å². The van der Waals surface area contributed by atoms with E-state index in [1.165, 1.54) is 8.99 Å². The van der Waals surface area contributed by atoms with E-state index in [1.807, 2.05) is 4.90 Å². The van der Waals surface area contributed by atoms with E-state index in [0.29, 0.717) is 16.4 Å². The molecule has 1 saturated carbocycles. The molecule has 0 bridgehead atoms. The highest BCUT2D eigenvalue weighted by atomic mass is 35.5. The molecule has 0 unspecified atom stereocenters. The number of sulfone groups is 1. The van der Waals surface area contributed by atoms with E-state index < -0.39 is 30.5 Å². The summed E-state index contributed by atoms with van der Waals surface area (Å²) in [5, 5.41) is 3.88. The van der Waals surface area contributed by atoms with Crippen molar-refractivity contribution in [1.82, 2.24) is 14.1 Å². The van der Waals surface area contributed by atoms with Crippen LogP contribution in [0.2, 0.25) is 5.02 Å². The van der Waals surface area contributed by atoms with Crippen molar-refractivity contribution in [2.45, 2.75) is 31.8 Å². The Bertz CT molecular complexity index is 1320. The number of piperazine rings is 1. The zero-order chi connectivity index (χ0) is 24.5. The normalized spacial score (nSPS) is 18.4. The maximum Gasteiger partial charge on any atom is 0.316 e. The first-order valence-corrected chi connectivity index (χ1v) is 15.0. The number of aromatic nitrogens is 2. The second-order valence-corrected chi connectivity index (χ2v) is 13.5. The molecule has 13 heteroatoms.